The van der Waals surface area contributed by atoms with Crippen LogP contribution in [0.3, 0.4) is 0 Å². The van der Waals surface area contributed by atoms with Crippen molar-refractivity contribution in [1.29, 1.82) is 0 Å². The molecule has 2 unspecified atom stereocenters. The summed E-state index contributed by atoms with van der Waals surface area (Å²) in [7, 11) is 0. The van der Waals surface area contributed by atoms with Crippen molar-refractivity contribution in [3.63, 3.8) is 0 Å². The number of pyridine rings is 1. The summed E-state index contributed by atoms with van der Waals surface area (Å²) in [6.45, 7) is 7.38. The van der Waals surface area contributed by atoms with E-state index in [4.69, 9.17) is 0 Å². The molecule has 1 amide bonds. The Kier molecular flexibility index (Phi) is 4.11. The van der Waals surface area contributed by atoms with Gasteiger partial charge in [0.15, 0.2) is 0 Å². The van der Waals surface area contributed by atoms with Crippen LogP contribution in [-0.4, -0.2) is 56.8 Å². The Labute approximate surface area is 163 Å². The highest BCUT2D eigenvalue weighted by Gasteiger charge is 2.41. The fraction of sp³-hybridized carbons (Fsp3) is 0.400. The number of rotatable bonds is 3. The second kappa shape index (κ2) is 6.78. The summed E-state index contributed by atoms with van der Waals surface area (Å²) in [5.74, 6) is 1.94. The van der Waals surface area contributed by atoms with Gasteiger partial charge in [-0.3, -0.25) is 9.80 Å². The number of carbonyl (C=O) groups is 1. The maximum Gasteiger partial charge on any atom is 0.246 e. The third kappa shape index (κ3) is 3.15. The van der Waals surface area contributed by atoms with Crippen molar-refractivity contribution in [3.05, 3.63) is 54.4 Å². The highest BCUT2D eigenvalue weighted by molar-refractivity contribution is 5.92. The third-order valence-electron chi connectivity index (χ3n) is 5.87. The van der Waals surface area contributed by atoms with Gasteiger partial charge in [-0.25, -0.2) is 9.97 Å². The topological polar surface area (TPSA) is 79.2 Å². The van der Waals surface area contributed by atoms with Crippen LogP contribution in [0.4, 0.5) is 5.82 Å². The lowest BCUT2D eigenvalue weighted by Gasteiger charge is -2.21. The number of aromatic nitrogens is 4. The zero-order valence-electron chi connectivity index (χ0n) is 15.7. The van der Waals surface area contributed by atoms with Crippen LogP contribution in [0.2, 0.25) is 0 Å². The average Bonchev–Trinajstić information content (AvgIpc) is 3.41. The van der Waals surface area contributed by atoms with Crippen molar-refractivity contribution >= 4 is 17.8 Å². The zero-order chi connectivity index (χ0) is 19.1. The summed E-state index contributed by atoms with van der Waals surface area (Å²) in [6.07, 6.45) is 10.5. The molecule has 0 spiro atoms. The molecule has 5 heterocycles. The quantitative estimate of drug-likeness (QED) is 0.812. The number of fused-ring (bicyclic) bond motifs is 2. The molecule has 0 radical (unpaired) electrons. The van der Waals surface area contributed by atoms with Crippen molar-refractivity contribution in [1.82, 2.24) is 24.8 Å². The number of likely N-dealkylation sites (tertiary alicyclic amines) is 1. The van der Waals surface area contributed by atoms with E-state index >= 15 is 0 Å². The lowest BCUT2D eigenvalue weighted by atomic mass is 10.0. The maximum absolute atomic E-state index is 12.6. The second-order valence-electron chi connectivity index (χ2n) is 7.79. The molecule has 3 aliphatic heterocycles. The van der Waals surface area contributed by atoms with Gasteiger partial charge in [-0.15, -0.1) is 5.10 Å². The van der Waals surface area contributed by atoms with Gasteiger partial charge in [0.25, 0.3) is 0 Å². The lowest BCUT2D eigenvalue weighted by molar-refractivity contribution is -0.125. The van der Waals surface area contributed by atoms with E-state index < -0.39 is 0 Å². The number of hydrogen-bond acceptors (Lipinski definition) is 6. The van der Waals surface area contributed by atoms with Gasteiger partial charge in [-0.05, 0) is 36.1 Å². The normalized spacial score (nSPS) is 23.8. The maximum atomic E-state index is 12.6. The van der Waals surface area contributed by atoms with E-state index in [0.717, 1.165) is 56.1 Å². The molecule has 8 nitrogen and oxygen atoms in total. The summed E-state index contributed by atoms with van der Waals surface area (Å²) >= 11 is 0. The molecular formula is C20H23N7O. The van der Waals surface area contributed by atoms with E-state index in [1.54, 1.807) is 29.7 Å². The largest absolute Gasteiger partial charge is 0.344 e. The van der Waals surface area contributed by atoms with Crippen molar-refractivity contribution < 1.29 is 4.79 Å². The first-order chi connectivity index (χ1) is 13.7. The Hall–Kier alpha value is -3.16. The number of amides is 1. The Bertz CT molecular complexity index is 922. The summed E-state index contributed by atoms with van der Waals surface area (Å²) in [5.41, 5.74) is 3.13. The summed E-state index contributed by atoms with van der Waals surface area (Å²) < 4.78 is 0. The van der Waals surface area contributed by atoms with Gasteiger partial charge in [-0.2, -0.15) is 4.79 Å². The highest BCUT2D eigenvalue weighted by atomic mass is 16.2. The average molecular weight is 377 g/mol. The molecule has 2 fully saturated rings. The second-order valence-corrected chi connectivity index (χ2v) is 7.79. The van der Waals surface area contributed by atoms with Crippen LogP contribution in [0.25, 0.3) is 6.08 Å². The van der Waals surface area contributed by atoms with Crippen molar-refractivity contribution in [2.75, 3.05) is 36.5 Å². The van der Waals surface area contributed by atoms with Crippen LogP contribution in [0.5, 0.6) is 0 Å². The van der Waals surface area contributed by atoms with E-state index in [1.165, 1.54) is 5.56 Å². The van der Waals surface area contributed by atoms with Gasteiger partial charge in [0, 0.05) is 56.0 Å². The summed E-state index contributed by atoms with van der Waals surface area (Å²) in [4.78, 5) is 24.9. The third-order valence-corrected chi connectivity index (χ3v) is 5.87. The molecule has 1 N–H and O–H groups in total. The number of anilines is 1. The smallest absolute Gasteiger partial charge is 0.246 e. The molecule has 0 aromatic carbocycles. The fourth-order valence-corrected chi connectivity index (χ4v) is 4.38. The molecule has 144 valence electrons. The number of carbonyl (C=O) groups excluding carboxylic acids is 1. The van der Waals surface area contributed by atoms with Gasteiger partial charge in [0.1, 0.15) is 18.5 Å². The van der Waals surface area contributed by atoms with E-state index in [2.05, 4.69) is 38.0 Å². The molecule has 2 saturated heterocycles. The van der Waals surface area contributed by atoms with E-state index in [1.807, 2.05) is 11.0 Å². The van der Waals surface area contributed by atoms with Gasteiger partial charge in [0.05, 0.1) is 0 Å². The van der Waals surface area contributed by atoms with Gasteiger partial charge >= 0.3 is 0 Å². The highest BCUT2D eigenvalue weighted by Crippen LogP contribution is 2.30. The first kappa shape index (κ1) is 17.0. The minimum absolute atomic E-state index is 0.0749. The van der Waals surface area contributed by atoms with Gasteiger partial charge < -0.3 is 10.2 Å². The van der Waals surface area contributed by atoms with Crippen molar-refractivity contribution in [2.45, 2.75) is 12.8 Å². The number of aryl methyl sites for hydroxylation is 1. The van der Waals surface area contributed by atoms with Crippen LogP contribution in [0, 0.1) is 11.8 Å². The lowest BCUT2D eigenvalue weighted by Crippen LogP contribution is -2.37. The molecule has 28 heavy (non-hydrogen) atoms. The predicted molar refractivity (Wildman–Crippen MR) is 106 cm³/mol. The minimum atomic E-state index is 0.0749. The number of allylic oxidation sites excluding steroid dienone is 1. The van der Waals surface area contributed by atoms with Crippen LogP contribution < -0.4 is 10.3 Å². The molecule has 0 bridgehead atoms. The van der Waals surface area contributed by atoms with E-state index in [9.17, 15) is 4.79 Å². The Morgan fingerprint density at radius 2 is 2.04 bits per heavy atom. The minimum Gasteiger partial charge on any atom is -0.344 e. The molecule has 2 aromatic heterocycles. The summed E-state index contributed by atoms with van der Waals surface area (Å²) in [6, 6.07) is 2.10. The molecule has 8 heteroatoms. The molecule has 2 atom stereocenters. The van der Waals surface area contributed by atoms with Gasteiger partial charge in [-0.1, -0.05) is 6.58 Å². The molecule has 0 saturated carbocycles. The number of nitrogens with one attached hydrogen (secondary N) is 1. The van der Waals surface area contributed by atoms with Crippen molar-refractivity contribution in [3.8, 4) is 0 Å². The SMILES string of the molecule is C=C1CCc2cc(/C=C/C(=O)N3CC4CN(n5cncn5)CC4C3)cnc2N1. The first-order valence-corrected chi connectivity index (χ1v) is 9.66. The predicted octanol–water partition coefficient (Wildman–Crippen LogP) is 1.28. The Morgan fingerprint density at radius 1 is 1.21 bits per heavy atom. The Morgan fingerprint density at radius 3 is 2.79 bits per heavy atom. The van der Waals surface area contributed by atoms with Crippen LogP contribution in [-0.2, 0) is 11.2 Å². The van der Waals surface area contributed by atoms with Crippen LogP contribution in [0.1, 0.15) is 17.5 Å². The Balaban J connectivity index is 1.20. The fourth-order valence-electron chi connectivity index (χ4n) is 4.38. The molecular weight excluding hydrogens is 354 g/mol. The van der Waals surface area contributed by atoms with Crippen LogP contribution >= 0.6 is 0 Å². The van der Waals surface area contributed by atoms with E-state index in [0.29, 0.717) is 11.8 Å². The number of nitrogens with zero attached hydrogens (tertiary/aromatic N) is 6. The van der Waals surface area contributed by atoms with Crippen LogP contribution in [0.15, 0.2) is 43.3 Å². The molecule has 0 aliphatic carbocycles. The molecule has 5 rings (SSSR count). The number of hydrogen-bond donors (Lipinski definition) is 1. The zero-order valence-corrected chi connectivity index (χ0v) is 15.7. The monoisotopic (exact) mass is 377 g/mol. The van der Waals surface area contributed by atoms with Gasteiger partial charge in [0.2, 0.25) is 5.91 Å². The molecule has 3 aliphatic rings. The summed E-state index contributed by atoms with van der Waals surface area (Å²) in [5, 5.41) is 9.61. The van der Waals surface area contributed by atoms with E-state index in [-0.39, 0.29) is 5.91 Å². The molecule has 2 aromatic rings. The standard InChI is InChI=1S/C20H23N7O/c1-14-2-4-16-6-15(7-22-20(16)24-14)3-5-19(28)25-8-17-10-26(11-18(17)9-25)27-13-21-12-23-27/h3,5-7,12-13,17-18H,1-2,4,8-11H2,(H,22,24)/b5-3+. The first-order valence-electron chi connectivity index (χ1n) is 9.66. The van der Waals surface area contributed by atoms with Crippen molar-refractivity contribution in [2.24, 2.45) is 11.8 Å².